The first-order chi connectivity index (χ1) is 35.4. The van der Waals surface area contributed by atoms with Gasteiger partial charge in [-0.05, 0) is 116 Å². The van der Waals surface area contributed by atoms with Gasteiger partial charge in [-0.15, -0.1) is 0 Å². The largest absolute Gasteiger partial charge is 0.455 e. The zero-order chi connectivity index (χ0) is 50.4. The quantitative estimate of drug-likeness (QED) is 0.152. The van der Waals surface area contributed by atoms with Crippen molar-refractivity contribution in [1.29, 1.82) is 0 Å². The molecule has 1 aromatic heterocycles. The second-order valence-electron chi connectivity index (χ2n) is 15.4. The first-order valence-corrected chi connectivity index (χ1v) is 20.7. The maximum Gasteiger partial charge on any atom is 0.143 e. The van der Waals surface area contributed by atoms with Crippen molar-refractivity contribution >= 4 is 88.4 Å². The number of rotatable bonds is 8. The number of fused-ring (bicyclic) bond motifs is 7. The van der Waals surface area contributed by atoms with Gasteiger partial charge in [0.05, 0.1) is 13.7 Å². The fourth-order valence-electron chi connectivity index (χ4n) is 8.78. The molecule has 0 aliphatic rings. The number of anilines is 6. The van der Waals surface area contributed by atoms with Crippen LogP contribution < -0.4 is 9.80 Å². The van der Waals surface area contributed by atoms with E-state index >= 15 is 0 Å². The van der Waals surface area contributed by atoms with Gasteiger partial charge in [0.1, 0.15) is 11.2 Å². The third kappa shape index (κ3) is 6.55. The molecule has 0 spiro atoms. The van der Waals surface area contributed by atoms with Gasteiger partial charge in [0, 0.05) is 55.8 Å². The standard InChI is InChI=1S/C60H40N2O/c1-3-19-49(20-4-1)61(50-21-5-2-6-22-50)53-38-48(43-26-28-45(29-27-43)56-24-13-25-57-58-35-32-44-16-11-12-23-55(44)60(58)63-59(56)57)39-54(40-53)62(51-33-30-41-14-7-9-17-46(41)36-51)52-34-31-42-15-8-10-18-47(42)37-52/h1-40H/i1D,2D,3D,4D,5D,6D,19D,20D,21D,22D. The molecule has 296 valence electrons. The summed E-state index contributed by atoms with van der Waals surface area (Å²) in [5.74, 6) is 0. The molecule has 0 saturated carbocycles. The third-order valence-electron chi connectivity index (χ3n) is 11.7. The maximum atomic E-state index is 9.29. The fourth-order valence-corrected chi connectivity index (χ4v) is 8.78. The van der Waals surface area contributed by atoms with Crippen molar-refractivity contribution in [3.63, 3.8) is 0 Å². The van der Waals surface area contributed by atoms with Crippen LogP contribution in [0.3, 0.4) is 0 Å². The van der Waals surface area contributed by atoms with Crippen molar-refractivity contribution in [1.82, 2.24) is 0 Å². The summed E-state index contributed by atoms with van der Waals surface area (Å²) in [6.45, 7) is 0. The van der Waals surface area contributed by atoms with E-state index in [0.717, 1.165) is 82.3 Å². The van der Waals surface area contributed by atoms with E-state index < -0.39 is 71.8 Å². The van der Waals surface area contributed by atoms with Gasteiger partial charge in [-0.25, -0.2) is 0 Å². The average Bonchev–Trinajstić information content (AvgIpc) is 3.82. The van der Waals surface area contributed by atoms with Crippen LogP contribution in [0, 0.1) is 0 Å². The molecule has 0 atom stereocenters. The number of nitrogens with zero attached hydrogens (tertiary/aromatic N) is 2. The second kappa shape index (κ2) is 15.3. The summed E-state index contributed by atoms with van der Waals surface area (Å²) in [5, 5.41) is 8.12. The molecule has 0 aliphatic carbocycles. The summed E-state index contributed by atoms with van der Waals surface area (Å²) in [6.07, 6.45) is 0. The van der Waals surface area contributed by atoms with E-state index in [-0.39, 0.29) is 5.69 Å². The van der Waals surface area contributed by atoms with Crippen molar-refractivity contribution in [2.75, 3.05) is 9.80 Å². The van der Waals surface area contributed by atoms with E-state index in [9.17, 15) is 5.48 Å². The molecule has 0 unspecified atom stereocenters. The van der Waals surface area contributed by atoms with Crippen LogP contribution in [0.1, 0.15) is 13.7 Å². The molecule has 3 heteroatoms. The van der Waals surface area contributed by atoms with Gasteiger partial charge >= 0.3 is 0 Å². The molecule has 0 N–H and O–H groups in total. The second-order valence-corrected chi connectivity index (χ2v) is 15.4. The predicted octanol–water partition coefficient (Wildman–Crippen LogP) is 17.3. The lowest BCUT2D eigenvalue weighted by Gasteiger charge is -2.30. The Labute approximate surface area is 380 Å². The minimum Gasteiger partial charge on any atom is -0.455 e. The van der Waals surface area contributed by atoms with Gasteiger partial charge in [0.15, 0.2) is 0 Å². The van der Waals surface area contributed by atoms with Crippen molar-refractivity contribution in [3.05, 3.63) is 242 Å². The molecular formula is C60H40N2O. The van der Waals surface area contributed by atoms with Gasteiger partial charge in [0.2, 0.25) is 0 Å². The summed E-state index contributed by atoms with van der Waals surface area (Å²) in [6, 6.07) is 53.9. The molecule has 3 nitrogen and oxygen atoms in total. The minimum absolute atomic E-state index is 0.166. The number of hydrogen-bond donors (Lipinski definition) is 0. The van der Waals surface area contributed by atoms with Crippen molar-refractivity contribution in [2.24, 2.45) is 0 Å². The first kappa shape index (κ1) is 27.4. The lowest BCUT2D eigenvalue weighted by molar-refractivity contribution is 0.674. The van der Waals surface area contributed by atoms with E-state index in [1.54, 1.807) is 12.1 Å². The molecule has 0 bridgehead atoms. The maximum absolute atomic E-state index is 9.29. The Morgan fingerprint density at radius 2 is 0.794 bits per heavy atom. The fraction of sp³-hybridized carbons (Fsp3) is 0. The first-order valence-electron chi connectivity index (χ1n) is 25.7. The molecular weight excluding hydrogens is 765 g/mol. The molecule has 0 amide bonds. The highest BCUT2D eigenvalue weighted by Gasteiger charge is 2.21. The van der Waals surface area contributed by atoms with Gasteiger partial charge < -0.3 is 14.2 Å². The molecule has 0 fully saturated rings. The average molecular weight is 815 g/mol. The molecule has 12 aromatic rings. The van der Waals surface area contributed by atoms with Gasteiger partial charge in [-0.1, -0.05) is 170 Å². The van der Waals surface area contributed by atoms with Crippen LogP contribution in [-0.4, -0.2) is 0 Å². The van der Waals surface area contributed by atoms with E-state index in [0.29, 0.717) is 11.3 Å². The topological polar surface area (TPSA) is 19.6 Å². The van der Waals surface area contributed by atoms with E-state index in [1.165, 1.54) is 4.90 Å². The smallest absolute Gasteiger partial charge is 0.143 e. The Morgan fingerprint density at radius 3 is 1.41 bits per heavy atom. The molecule has 63 heavy (non-hydrogen) atoms. The molecule has 12 rings (SSSR count). The van der Waals surface area contributed by atoms with Crippen LogP contribution in [-0.2, 0) is 0 Å². The van der Waals surface area contributed by atoms with Crippen LogP contribution >= 0.6 is 0 Å². The normalized spacial score (nSPS) is 13.7. The SMILES string of the molecule is [2H]c1c([2H])c([2H])c(N(c2cc(-c3ccc(-c4cccc5c4oc4c6ccccc6ccc54)cc3)cc(N(c3ccc4ccccc4c3)c3ccc4ccccc4c3)c2)c2c([2H])c([2H])c([2H])c([2H])c2[2H])c([2H])c1[2H]. The third-order valence-corrected chi connectivity index (χ3v) is 11.7. The lowest BCUT2D eigenvalue weighted by Crippen LogP contribution is -2.13. The number of furan rings is 1. The molecule has 0 saturated heterocycles. The zero-order valence-electron chi connectivity index (χ0n) is 43.6. The number of hydrogen-bond acceptors (Lipinski definition) is 3. The highest BCUT2D eigenvalue weighted by Crippen LogP contribution is 2.45. The predicted molar refractivity (Wildman–Crippen MR) is 266 cm³/mol. The summed E-state index contributed by atoms with van der Waals surface area (Å²) < 4.78 is 96.0. The summed E-state index contributed by atoms with van der Waals surface area (Å²) in [5.41, 5.74) is 6.19. The van der Waals surface area contributed by atoms with Crippen LogP contribution in [0.4, 0.5) is 34.1 Å². The van der Waals surface area contributed by atoms with Gasteiger partial charge in [0.25, 0.3) is 0 Å². The van der Waals surface area contributed by atoms with Crippen molar-refractivity contribution in [2.45, 2.75) is 0 Å². The monoisotopic (exact) mass is 814 g/mol. The Hall–Kier alpha value is -8.40. The molecule has 1 heterocycles. The van der Waals surface area contributed by atoms with E-state index in [2.05, 4.69) is 47.4 Å². The number of para-hydroxylation sites is 3. The highest BCUT2D eigenvalue weighted by atomic mass is 16.3. The Morgan fingerprint density at radius 1 is 0.302 bits per heavy atom. The molecule has 11 aromatic carbocycles. The summed E-state index contributed by atoms with van der Waals surface area (Å²) in [7, 11) is 0. The lowest BCUT2D eigenvalue weighted by atomic mass is 9.97. The van der Waals surface area contributed by atoms with Crippen LogP contribution in [0.15, 0.2) is 247 Å². The number of benzene rings is 11. The van der Waals surface area contributed by atoms with Gasteiger partial charge in [-0.3, -0.25) is 0 Å². The highest BCUT2D eigenvalue weighted by molar-refractivity contribution is 6.17. The Kier molecular flexibility index (Phi) is 6.65. The zero-order valence-corrected chi connectivity index (χ0v) is 33.6. The minimum atomic E-state index is -0.651. The Bertz CT molecular complexity index is 4040. The van der Waals surface area contributed by atoms with E-state index in [4.69, 9.17) is 12.6 Å². The van der Waals surface area contributed by atoms with Gasteiger partial charge in [-0.2, -0.15) is 0 Å². The van der Waals surface area contributed by atoms with Crippen LogP contribution in [0.2, 0.25) is 0 Å². The van der Waals surface area contributed by atoms with Crippen molar-refractivity contribution in [3.8, 4) is 22.3 Å². The summed E-state index contributed by atoms with van der Waals surface area (Å²) >= 11 is 0. The molecule has 0 aliphatic heterocycles. The van der Waals surface area contributed by atoms with Crippen molar-refractivity contribution < 1.29 is 18.1 Å². The van der Waals surface area contributed by atoms with Crippen LogP contribution in [0.25, 0.3) is 76.5 Å². The van der Waals surface area contributed by atoms with Crippen LogP contribution in [0.5, 0.6) is 0 Å². The summed E-state index contributed by atoms with van der Waals surface area (Å²) in [4.78, 5) is 3.28. The van der Waals surface area contributed by atoms with E-state index in [1.807, 2.05) is 127 Å². The Balaban J connectivity index is 1.13. The molecule has 0 radical (unpaired) electrons.